The number of carboxylic acids is 1. The van der Waals surface area contributed by atoms with Crippen LogP contribution in [0.1, 0.15) is 34.6 Å². The third-order valence-electron chi connectivity index (χ3n) is 1.72. The normalized spacial score (nSPS) is 14.9. The first kappa shape index (κ1) is 15.7. The zero-order valence-corrected chi connectivity index (χ0v) is 10.9. The van der Waals surface area contributed by atoms with E-state index in [4.69, 9.17) is 14.6 Å². The average molecular weight is 247 g/mol. The zero-order chi connectivity index (χ0) is 13.6. The minimum Gasteiger partial charge on any atom is -0.479 e. The molecule has 0 aromatic rings. The Balaban J connectivity index is 3.88. The summed E-state index contributed by atoms with van der Waals surface area (Å²) in [6, 6.07) is 0. The number of hydrogen-bond donors (Lipinski definition) is 2. The van der Waals surface area contributed by atoms with E-state index < -0.39 is 29.9 Å². The summed E-state index contributed by atoms with van der Waals surface area (Å²) in [5, 5.41) is 11.1. The van der Waals surface area contributed by atoms with Crippen LogP contribution in [-0.4, -0.2) is 41.5 Å². The Morgan fingerprint density at radius 3 is 2.24 bits per heavy atom. The van der Waals surface area contributed by atoms with E-state index in [1.165, 1.54) is 6.92 Å². The van der Waals surface area contributed by atoms with Crippen molar-refractivity contribution in [2.75, 3.05) is 6.54 Å². The first-order chi connectivity index (χ1) is 7.61. The third-order valence-corrected chi connectivity index (χ3v) is 1.72. The van der Waals surface area contributed by atoms with Gasteiger partial charge in [0.2, 0.25) is 0 Å². The van der Waals surface area contributed by atoms with Gasteiger partial charge in [-0.15, -0.1) is 0 Å². The van der Waals surface area contributed by atoms with Crippen molar-refractivity contribution >= 4 is 12.1 Å². The van der Waals surface area contributed by atoms with Crippen LogP contribution < -0.4 is 5.32 Å². The lowest BCUT2D eigenvalue weighted by molar-refractivity contribution is -0.152. The number of ether oxygens (including phenoxy) is 2. The molecule has 2 atom stereocenters. The molecule has 0 rings (SSSR count). The van der Waals surface area contributed by atoms with E-state index in [2.05, 4.69) is 5.32 Å². The molecule has 0 saturated heterocycles. The van der Waals surface area contributed by atoms with Gasteiger partial charge in [-0.1, -0.05) is 0 Å². The van der Waals surface area contributed by atoms with E-state index in [-0.39, 0.29) is 6.54 Å². The maximum Gasteiger partial charge on any atom is 0.407 e. The van der Waals surface area contributed by atoms with Crippen molar-refractivity contribution in [1.29, 1.82) is 0 Å². The quantitative estimate of drug-likeness (QED) is 0.766. The summed E-state index contributed by atoms with van der Waals surface area (Å²) < 4.78 is 10.1. The lowest BCUT2D eigenvalue weighted by Crippen LogP contribution is -2.38. The smallest absolute Gasteiger partial charge is 0.407 e. The van der Waals surface area contributed by atoms with Crippen molar-refractivity contribution in [3.8, 4) is 0 Å². The van der Waals surface area contributed by atoms with Gasteiger partial charge in [0.25, 0.3) is 0 Å². The van der Waals surface area contributed by atoms with Crippen LogP contribution in [0.15, 0.2) is 0 Å². The molecule has 0 bridgehead atoms. The first-order valence-corrected chi connectivity index (χ1v) is 5.47. The predicted octanol–water partition coefficient (Wildman–Crippen LogP) is 1.39. The molecule has 0 aromatic carbocycles. The van der Waals surface area contributed by atoms with Gasteiger partial charge in [0, 0.05) is 6.54 Å². The predicted molar refractivity (Wildman–Crippen MR) is 61.9 cm³/mol. The second kappa shape index (κ2) is 6.44. The number of alkyl carbamates (subject to hydrolysis) is 1. The van der Waals surface area contributed by atoms with Gasteiger partial charge in [-0.25, -0.2) is 9.59 Å². The van der Waals surface area contributed by atoms with Crippen LogP contribution in [-0.2, 0) is 14.3 Å². The number of hydrogen-bond acceptors (Lipinski definition) is 4. The summed E-state index contributed by atoms with van der Waals surface area (Å²) in [7, 11) is 0. The number of carboxylic acid groups (broad SMARTS) is 1. The average Bonchev–Trinajstić information content (AvgIpc) is 2.11. The molecule has 0 fully saturated rings. The third kappa shape index (κ3) is 8.50. The molecule has 0 radical (unpaired) electrons. The fourth-order valence-corrected chi connectivity index (χ4v) is 0.996. The van der Waals surface area contributed by atoms with Crippen molar-refractivity contribution in [3.05, 3.63) is 0 Å². The second-order valence-electron chi connectivity index (χ2n) is 4.81. The summed E-state index contributed by atoms with van der Waals surface area (Å²) in [5.41, 5.74) is -0.553. The van der Waals surface area contributed by atoms with Crippen LogP contribution in [0.4, 0.5) is 4.79 Å². The summed E-state index contributed by atoms with van der Waals surface area (Å²) >= 11 is 0. The topological polar surface area (TPSA) is 84.9 Å². The molecule has 17 heavy (non-hydrogen) atoms. The van der Waals surface area contributed by atoms with E-state index in [9.17, 15) is 9.59 Å². The first-order valence-electron chi connectivity index (χ1n) is 5.47. The Hall–Kier alpha value is -1.30. The van der Waals surface area contributed by atoms with Crippen LogP contribution >= 0.6 is 0 Å². The molecule has 0 aliphatic heterocycles. The molecule has 6 nitrogen and oxygen atoms in total. The zero-order valence-electron chi connectivity index (χ0n) is 10.9. The molecule has 0 aliphatic carbocycles. The van der Waals surface area contributed by atoms with Gasteiger partial charge in [0.1, 0.15) is 5.60 Å². The number of carbonyl (C=O) groups is 2. The number of nitrogens with one attached hydrogen (secondary N) is 1. The fraction of sp³-hybridized carbons (Fsp3) is 0.818. The van der Waals surface area contributed by atoms with Gasteiger partial charge in [-0.2, -0.15) is 0 Å². The number of amides is 1. The Kier molecular flexibility index (Phi) is 5.95. The van der Waals surface area contributed by atoms with Crippen molar-refractivity contribution in [1.82, 2.24) is 5.32 Å². The molecular weight excluding hydrogens is 226 g/mol. The van der Waals surface area contributed by atoms with Gasteiger partial charge < -0.3 is 19.9 Å². The summed E-state index contributed by atoms with van der Waals surface area (Å²) in [4.78, 5) is 21.8. The largest absolute Gasteiger partial charge is 0.479 e. The maximum atomic E-state index is 11.3. The highest BCUT2D eigenvalue weighted by Gasteiger charge is 2.18. The summed E-state index contributed by atoms with van der Waals surface area (Å²) in [6.07, 6.45) is -1.84. The molecule has 1 amide bonds. The lowest BCUT2D eigenvalue weighted by atomic mass is 10.2. The lowest BCUT2D eigenvalue weighted by Gasteiger charge is -2.21. The van der Waals surface area contributed by atoms with Gasteiger partial charge in [0.15, 0.2) is 6.10 Å². The number of aliphatic carboxylic acids is 1. The molecule has 0 spiro atoms. The molecular formula is C11H21NO5. The summed E-state index contributed by atoms with van der Waals surface area (Å²) in [5.74, 6) is -1.03. The van der Waals surface area contributed by atoms with Crippen molar-refractivity contribution < 1.29 is 24.2 Å². The number of rotatable bonds is 5. The van der Waals surface area contributed by atoms with E-state index in [1.807, 2.05) is 0 Å². The standard InChI is InChI=1S/C11H21NO5/c1-7(16-8(2)9(13)14)6-12-10(15)17-11(3,4)5/h7-8H,6H2,1-5H3,(H,12,15)(H,13,14)/t7-,8+/m0/s1. The molecule has 0 saturated carbocycles. The Morgan fingerprint density at radius 1 is 1.29 bits per heavy atom. The van der Waals surface area contributed by atoms with Gasteiger partial charge in [0.05, 0.1) is 6.10 Å². The second-order valence-corrected chi connectivity index (χ2v) is 4.81. The van der Waals surface area contributed by atoms with Crippen molar-refractivity contribution in [3.63, 3.8) is 0 Å². The molecule has 100 valence electrons. The van der Waals surface area contributed by atoms with Crippen LogP contribution in [0.25, 0.3) is 0 Å². The van der Waals surface area contributed by atoms with Gasteiger partial charge in [-0.05, 0) is 34.6 Å². The van der Waals surface area contributed by atoms with E-state index in [1.54, 1.807) is 27.7 Å². The van der Waals surface area contributed by atoms with Crippen molar-refractivity contribution in [2.24, 2.45) is 0 Å². The van der Waals surface area contributed by atoms with Gasteiger partial charge >= 0.3 is 12.1 Å². The van der Waals surface area contributed by atoms with Gasteiger partial charge in [-0.3, -0.25) is 0 Å². The van der Waals surface area contributed by atoms with E-state index >= 15 is 0 Å². The Bertz CT molecular complexity index is 272. The molecule has 0 heterocycles. The van der Waals surface area contributed by atoms with Crippen molar-refractivity contribution in [2.45, 2.75) is 52.4 Å². The highest BCUT2D eigenvalue weighted by atomic mass is 16.6. The Labute approximate surface area is 101 Å². The maximum absolute atomic E-state index is 11.3. The van der Waals surface area contributed by atoms with Crippen LogP contribution in [0, 0.1) is 0 Å². The minimum absolute atomic E-state index is 0.201. The molecule has 0 aliphatic rings. The van der Waals surface area contributed by atoms with E-state index in [0.717, 1.165) is 0 Å². The summed E-state index contributed by atoms with van der Waals surface area (Å²) in [6.45, 7) is 8.60. The Morgan fingerprint density at radius 2 is 1.82 bits per heavy atom. The van der Waals surface area contributed by atoms with Crippen LogP contribution in [0.5, 0.6) is 0 Å². The molecule has 2 N–H and O–H groups in total. The highest BCUT2D eigenvalue weighted by molar-refractivity contribution is 5.71. The minimum atomic E-state index is -1.03. The molecule has 0 unspecified atom stereocenters. The SMILES string of the molecule is C[C@@H](CNC(=O)OC(C)(C)C)O[C@H](C)C(=O)O. The monoisotopic (exact) mass is 247 g/mol. The van der Waals surface area contributed by atoms with E-state index in [0.29, 0.717) is 0 Å². The molecule has 0 aromatic heterocycles. The molecule has 6 heteroatoms. The van der Waals surface area contributed by atoms with Crippen LogP contribution in [0.3, 0.4) is 0 Å². The highest BCUT2D eigenvalue weighted by Crippen LogP contribution is 2.06. The van der Waals surface area contributed by atoms with Crippen LogP contribution in [0.2, 0.25) is 0 Å². The fourth-order valence-electron chi connectivity index (χ4n) is 0.996. The number of carbonyl (C=O) groups excluding carboxylic acids is 1.